The van der Waals surface area contributed by atoms with Crippen LogP contribution in [0, 0.1) is 0 Å². The highest BCUT2D eigenvalue weighted by atomic mass is 16.5. The second-order valence-corrected chi connectivity index (χ2v) is 3.11. The number of methoxy groups -OCH3 is 1. The van der Waals surface area contributed by atoms with Gasteiger partial charge in [0.1, 0.15) is 6.33 Å². The molecule has 0 bridgehead atoms. The molecule has 5 nitrogen and oxygen atoms in total. The Bertz CT molecular complexity index is 447. The summed E-state index contributed by atoms with van der Waals surface area (Å²) < 4.78 is 5.18. The van der Waals surface area contributed by atoms with Crippen molar-refractivity contribution >= 4 is 5.82 Å². The molecule has 1 N–H and O–H groups in total. The average molecular weight is 216 g/mol. The van der Waals surface area contributed by atoms with Crippen LogP contribution in [0.15, 0.2) is 36.9 Å². The van der Waals surface area contributed by atoms with Gasteiger partial charge in [0.15, 0.2) is 11.6 Å². The van der Waals surface area contributed by atoms with Crippen molar-refractivity contribution in [3.05, 3.63) is 42.6 Å². The van der Waals surface area contributed by atoms with Gasteiger partial charge in [-0.2, -0.15) is 0 Å². The van der Waals surface area contributed by atoms with E-state index >= 15 is 0 Å². The molecular formula is C11H12N4O. The lowest BCUT2D eigenvalue weighted by Gasteiger charge is -2.08. The van der Waals surface area contributed by atoms with Gasteiger partial charge in [0.25, 0.3) is 0 Å². The van der Waals surface area contributed by atoms with Crippen molar-refractivity contribution in [2.75, 3.05) is 12.4 Å². The minimum Gasteiger partial charge on any atom is -0.493 e. The zero-order valence-electron chi connectivity index (χ0n) is 8.92. The number of hydrogen-bond donors (Lipinski definition) is 1. The van der Waals surface area contributed by atoms with Gasteiger partial charge in [-0.05, 0) is 18.2 Å². The summed E-state index contributed by atoms with van der Waals surface area (Å²) in [4.78, 5) is 12.1. The van der Waals surface area contributed by atoms with Gasteiger partial charge in [-0.3, -0.25) is 0 Å². The molecule has 0 radical (unpaired) electrons. The van der Waals surface area contributed by atoms with Gasteiger partial charge in [0, 0.05) is 12.4 Å². The maximum absolute atomic E-state index is 5.18. The summed E-state index contributed by atoms with van der Waals surface area (Å²) in [6.07, 6.45) is 4.94. The molecule has 0 aliphatic heterocycles. The monoisotopic (exact) mass is 216 g/mol. The molecule has 0 atom stereocenters. The lowest BCUT2D eigenvalue weighted by atomic mass is 10.4. The van der Waals surface area contributed by atoms with Gasteiger partial charge in [-0.15, -0.1) is 0 Å². The molecule has 0 aromatic carbocycles. The normalized spacial score (nSPS) is 9.81. The molecule has 0 fully saturated rings. The number of nitrogens with zero attached hydrogens (tertiary/aromatic N) is 3. The fourth-order valence-corrected chi connectivity index (χ4v) is 1.28. The molecule has 2 aromatic heterocycles. The van der Waals surface area contributed by atoms with Crippen LogP contribution in [0.5, 0.6) is 5.75 Å². The molecule has 5 heteroatoms. The number of aromatic nitrogens is 3. The summed E-state index contributed by atoms with van der Waals surface area (Å²) in [5, 5.41) is 3.15. The predicted molar refractivity (Wildman–Crippen MR) is 60.1 cm³/mol. The summed E-state index contributed by atoms with van der Waals surface area (Å²) in [7, 11) is 1.62. The minimum absolute atomic E-state index is 0.593. The molecule has 0 saturated heterocycles. The van der Waals surface area contributed by atoms with Crippen molar-refractivity contribution in [2.45, 2.75) is 6.54 Å². The summed E-state index contributed by atoms with van der Waals surface area (Å²) in [5.41, 5.74) is 0.905. The van der Waals surface area contributed by atoms with Crippen molar-refractivity contribution in [3.63, 3.8) is 0 Å². The largest absolute Gasteiger partial charge is 0.493 e. The molecule has 2 aromatic rings. The second-order valence-electron chi connectivity index (χ2n) is 3.11. The Kier molecular flexibility index (Phi) is 3.28. The zero-order chi connectivity index (χ0) is 11.2. The van der Waals surface area contributed by atoms with Gasteiger partial charge in [-0.25, -0.2) is 15.0 Å². The molecule has 2 rings (SSSR count). The summed E-state index contributed by atoms with van der Waals surface area (Å²) >= 11 is 0. The molecule has 2 heterocycles. The van der Waals surface area contributed by atoms with Crippen molar-refractivity contribution in [2.24, 2.45) is 0 Å². The van der Waals surface area contributed by atoms with E-state index in [0.29, 0.717) is 12.4 Å². The SMILES string of the molecule is COc1cccnc1NCc1ccncn1. The maximum atomic E-state index is 5.18. The highest BCUT2D eigenvalue weighted by Crippen LogP contribution is 2.20. The number of nitrogens with one attached hydrogen (secondary N) is 1. The molecule has 0 aliphatic carbocycles. The predicted octanol–water partition coefficient (Wildman–Crippen LogP) is 1.49. The van der Waals surface area contributed by atoms with Crippen LogP contribution in [-0.4, -0.2) is 22.1 Å². The smallest absolute Gasteiger partial charge is 0.169 e. The molecule has 82 valence electrons. The third-order valence-electron chi connectivity index (χ3n) is 2.07. The molecule has 0 unspecified atom stereocenters. The molecule has 0 spiro atoms. The maximum Gasteiger partial charge on any atom is 0.169 e. The van der Waals surface area contributed by atoms with Crippen molar-refractivity contribution in [3.8, 4) is 5.75 Å². The number of pyridine rings is 1. The summed E-state index contributed by atoms with van der Waals surface area (Å²) in [6, 6.07) is 5.53. The third-order valence-corrected chi connectivity index (χ3v) is 2.07. The van der Waals surface area contributed by atoms with Crippen LogP contribution in [0.2, 0.25) is 0 Å². The number of rotatable bonds is 4. The molecule has 16 heavy (non-hydrogen) atoms. The van der Waals surface area contributed by atoms with Crippen LogP contribution < -0.4 is 10.1 Å². The molecule has 0 aliphatic rings. The Morgan fingerprint density at radius 1 is 1.25 bits per heavy atom. The molecule has 0 amide bonds. The van der Waals surface area contributed by atoms with Crippen LogP contribution in [-0.2, 0) is 6.54 Å². The van der Waals surface area contributed by atoms with Gasteiger partial charge < -0.3 is 10.1 Å². The average Bonchev–Trinajstić information content (AvgIpc) is 2.38. The fraction of sp³-hybridized carbons (Fsp3) is 0.182. The van der Waals surface area contributed by atoms with Crippen LogP contribution >= 0.6 is 0 Å². The fourth-order valence-electron chi connectivity index (χ4n) is 1.28. The topological polar surface area (TPSA) is 59.9 Å². The van der Waals surface area contributed by atoms with E-state index in [9.17, 15) is 0 Å². The van der Waals surface area contributed by atoms with E-state index in [0.717, 1.165) is 11.4 Å². The van der Waals surface area contributed by atoms with Gasteiger partial charge in [0.05, 0.1) is 19.3 Å². The first kappa shape index (κ1) is 10.4. The van der Waals surface area contributed by atoms with Crippen LogP contribution in [0.1, 0.15) is 5.69 Å². The first-order valence-corrected chi connectivity index (χ1v) is 4.88. The van der Waals surface area contributed by atoms with Crippen molar-refractivity contribution in [1.82, 2.24) is 15.0 Å². The van der Waals surface area contributed by atoms with Crippen LogP contribution in [0.3, 0.4) is 0 Å². The van der Waals surface area contributed by atoms with Gasteiger partial charge in [-0.1, -0.05) is 0 Å². The first-order valence-electron chi connectivity index (χ1n) is 4.88. The van der Waals surface area contributed by atoms with E-state index in [1.54, 1.807) is 19.5 Å². The minimum atomic E-state index is 0.593. The Morgan fingerprint density at radius 3 is 2.94 bits per heavy atom. The Morgan fingerprint density at radius 2 is 2.19 bits per heavy atom. The van der Waals surface area contributed by atoms with Crippen molar-refractivity contribution < 1.29 is 4.74 Å². The third kappa shape index (κ3) is 2.44. The quantitative estimate of drug-likeness (QED) is 0.839. The molecular weight excluding hydrogens is 204 g/mol. The lowest BCUT2D eigenvalue weighted by Crippen LogP contribution is -2.04. The van der Waals surface area contributed by atoms with Gasteiger partial charge >= 0.3 is 0 Å². The number of anilines is 1. The second kappa shape index (κ2) is 5.06. The van der Waals surface area contributed by atoms with E-state index < -0.39 is 0 Å². The summed E-state index contributed by atoms with van der Waals surface area (Å²) in [6.45, 7) is 0.593. The Labute approximate surface area is 93.5 Å². The Balaban J connectivity index is 2.05. The zero-order valence-corrected chi connectivity index (χ0v) is 8.92. The van der Waals surface area contributed by atoms with Gasteiger partial charge in [0.2, 0.25) is 0 Å². The van der Waals surface area contributed by atoms with E-state index in [1.807, 2.05) is 18.2 Å². The van der Waals surface area contributed by atoms with E-state index in [2.05, 4.69) is 20.3 Å². The van der Waals surface area contributed by atoms with E-state index in [-0.39, 0.29) is 0 Å². The van der Waals surface area contributed by atoms with E-state index in [1.165, 1.54) is 6.33 Å². The highest BCUT2D eigenvalue weighted by Gasteiger charge is 2.02. The standard InChI is InChI=1S/C11H12N4O/c1-16-10-3-2-5-13-11(10)14-7-9-4-6-12-8-15-9/h2-6,8H,7H2,1H3,(H,13,14). The highest BCUT2D eigenvalue weighted by molar-refractivity contribution is 5.49. The lowest BCUT2D eigenvalue weighted by molar-refractivity contribution is 0.415. The number of ether oxygens (including phenoxy) is 1. The Hall–Kier alpha value is -2.17. The van der Waals surface area contributed by atoms with Crippen LogP contribution in [0.4, 0.5) is 5.82 Å². The molecule has 0 saturated carbocycles. The first-order chi connectivity index (χ1) is 7.90. The van der Waals surface area contributed by atoms with E-state index in [4.69, 9.17) is 4.74 Å². The summed E-state index contributed by atoms with van der Waals surface area (Å²) in [5.74, 6) is 1.43. The number of hydrogen-bond acceptors (Lipinski definition) is 5. The van der Waals surface area contributed by atoms with Crippen molar-refractivity contribution in [1.29, 1.82) is 0 Å². The van der Waals surface area contributed by atoms with Crippen LogP contribution in [0.25, 0.3) is 0 Å².